The van der Waals surface area contributed by atoms with E-state index in [4.69, 9.17) is 9.84 Å². The van der Waals surface area contributed by atoms with E-state index in [2.05, 4.69) is 48.7 Å². The molecule has 1 rings (SSSR count). The van der Waals surface area contributed by atoms with Crippen LogP contribution in [0.15, 0.2) is 36.5 Å². The van der Waals surface area contributed by atoms with Crippen molar-refractivity contribution in [3.8, 4) is 0 Å². The monoisotopic (exact) mass is 363 g/mol. The van der Waals surface area contributed by atoms with Crippen molar-refractivity contribution in [1.29, 1.82) is 0 Å². The Bertz CT molecular complexity index is 443. The van der Waals surface area contributed by atoms with Gasteiger partial charge in [-0.05, 0) is 44.9 Å². The number of allylic oxidation sites excluding steroid dienone is 4. The molecule has 2 unspecified atom stereocenters. The molecule has 0 bridgehead atoms. The Labute approximate surface area is 159 Å². The summed E-state index contributed by atoms with van der Waals surface area (Å²) in [4.78, 5) is 11.3. The van der Waals surface area contributed by atoms with Crippen LogP contribution in [-0.2, 0) is 9.53 Å². The number of ether oxygens (including phenoxy) is 1. The van der Waals surface area contributed by atoms with Crippen LogP contribution in [0.2, 0.25) is 0 Å². The van der Waals surface area contributed by atoms with Crippen molar-refractivity contribution in [2.45, 2.75) is 83.3 Å². The summed E-state index contributed by atoms with van der Waals surface area (Å²) in [7, 11) is 0. The van der Waals surface area contributed by atoms with Gasteiger partial charge in [0.05, 0.1) is 18.8 Å². The van der Waals surface area contributed by atoms with E-state index in [0.29, 0.717) is 25.2 Å². The van der Waals surface area contributed by atoms with Gasteiger partial charge in [0.15, 0.2) is 0 Å². The number of carbonyl (C=O) groups is 1. The first kappa shape index (κ1) is 22.7. The molecule has 4 heteroatoms. The first-order valence-corrected chi connectivity index (χ1v) is 10.3. The zero-order chi connectivity index (χ0) is 18.9. The van der Waals surface area contributed by atoms with E-state index in [1.54, 1.807) is 0 Å². The Kier molecular flexibility index (Phi) is 13.8. The molecule has 0 aromatic carbocycles. The Morgan fingerprint density at radius 2 is 1.62 bits per heavy atom. The van der Waals surface area contributed by atoms with Crippen LogP contribution in [0.1, 0.15) is 71.1 Å². The second-order valence-corrected chi connectivity index (χ2v) is 6.80. The average Bonchev–Trinajstić information content (AvgIpc) is 3.39. The lowest BCUT2D eigenvalue weighted by Gasteiger charge is -2.00. The molecule has 2 N–H and O–H groups in total. The number of epoxide rings is 1. The third-order valence-corrected chi connectivity index (χ3v) is 4.38. The van der Waals surface area contributed by atoms with E-state index in [9.17, 15) is 4.79 Å². The maximum atomic E-state index is 11.3. The molecule has 0 aromatic heterocycles. The molecule has 0 aromatic rings. The third-order valence-electron chi connectivity index (χ3n) is 4.38. The number of aliphatic hydroxyl groups excluding tert-OH is 1. The molecule has 0 radical (unpaired) electrons. The van der Waals surface area contributed by atoms with Crippen LogP contribution in [0, 0.1) is 0 Å². The molecule has 0 aliphatic carbocycles. The van der Waals surface area contributed by atoms with E-state index in [1.807, 2.05) is 0 Å². The van der Waals surface area contributed by atoms with Gasteiger partial charge in [-0.3, -0.25) is 4.79 Å². The standard InChI is InChI=1S/C22H37NO3/c1-2-3-4-5-6-7-8-9-12-15-20-21(26-20)16-13-10-11-14-17-22(25)23-18-19-24/h6-7,9-10,12-13,20-21,24H,2-5,8,11,14-19H2,1H3,(H,23,25). The van der Waals surface area contributed by atoms with Gasteiger partial charge < -0.3 is 15.2 Å². The number of unbranched alkanes of at least 4 members (excludes halogenated alkanes) is 4. The highest BCUT2D eigenvalue weighted by Gasteiger charge is 2.35. The molecule has 26 heavy (non-hydrogen) atoms. The van der Waals surface area contributed by atoms with Crippen LogP contribution in [0.4, 0.5) is 0 Å². The van der Waals surface area contributed by atoms with Gasteiger partial charge in [-0.1, -0.05) is 56.2 Å². The molecule has 148 valence electrons. The summed E-state index contributed by atoms with van der Waals surface area (Å²) in [6.07, 6.45) is 24.4. The molecule has 1 heterocycles. The summed E-state index contributed by atoms with van der Waals surface area (Å²) in [5.41, 5.74) is 0. The molecule has 1 fully saturated rings. The number of hydrogen-bond acceptors (Lipinski definition) is 3. The highest BCUT2D eigenvalue weighted by molar-refractivity contribution is 5.75. The van der Waals surface area contributed by atoms with Crippen LogP contribution in [0.3, 0.4) is 0 Å². The normalized spacial score (nSPS) is 19.8. The third kappa shape index (κ3) is 12.9. The quantitative estimate of drug-likeness (QED) is 0.242. The van der Waals surface area contributed by atoms with Gasteiger partial charge in [0.2, 0.25) is 5.91 Å². The molecule has 1 amide bonds. The Morgan fingerprint density at radius 3 is 2.35 bits per heavy atom. The number of nitrogens with one attached hydrogen (secondary N) is 1. The van der Waals surface area contributed by atoms with Crippen LogP contribution in [0.25, 0.3) is 0 Å². The van der Waals surface area contributed by atoms with Crippen LogP contribution < -0.4 is 5.32 Å². The van der Waals surface area contributed by atoms with Crippen LogP contribution >= 0.6 is 0 Å². The van der Waals surface area contributed by atoms with Gasteiger partial charge in [-0.15, -0.1) is 0 Å². The van der Waals surface area contributed by atoms with Crippen molar-refractivity contribution in [3.05, 3.63) is 36.5 Å². The molecule has 0 spiro atoms. The second kappa shape index (κ2) is 15.8. The van der Waals surface area contributed by atoms with Crippen molar-refractivity contribution < 1.29 is 14.6 Å². The van der Waals surface area contributed by atoms with E-state index in [0.717, 1.165) is 32.1 Å². The van der Waals surface area contributed by atoms with E-state index in [-0.39, 0.29) is 12.5 Å². The molecular formula is C22H37NO3. The Balaban J connectivity index is 1.92. The van der Waals surface area contributed by atoms with Gasteiger partial charge in [0.1, 0.15) is 0 Å². The summed E-state index contributed by atoms with van der Waals surface area (Å²) in [5, 5.41) is 11.3. The maximum Gasteiger partial charge on any atom is 0.220 e. The largest absolute Gasteiger partial charge is 0.395 e. The predicted molar refractivity (Wildman–Crippen MR) is 108 cm³/mol. The highest BCUT2D eigenvalue weighted by Crippen LogP contribution is 2.29. The predicted octanol–water partition coefficient (Wildman–Crippen LogP) is 4.45. The molecule has 1 aliphatic heterocycles. The number of rotatable bonds is 16. The highest BCUT2D eigenvalue weighted by atomic mass is 16.6. The molecule has 1 aliphatic rings. The number of aliphatic hydroxyl groups is 1. The maximum absolute atomic E-state index is 11.3. The number of hydrogen-bond donors (Lipinski definition) is 2. The molecule has 0 saturated carbocycles. The van der Waals surface area contributed by atoms with Crippen LogP contribution in [-0.4, -0.2) is 36.4 Å². The molecule has 2 atom stereocenters. The van der Waals surface area contributed by atoms with Gasteiger partial charge in [-0.25, -0.2) is 0 Å². The first-order chi connectivity index (χ1) is 12.8. The van der Waals surface area contributed by atoms with Gasteiger partial charge in [0.25, 0.3) is 0 Å². The van der Waals surface area contributed by atoms with Crippen molar-refractivity contribution in [2.24, 2.45) is 0 Å². The lowest BCUT2D eigenvalue weighted by atomic mass is 10.1. The summed E-state index contributed by atoms with van der Waals surface area (Å²) in [6, 6.07) is 0. The van der Waals surface area contributed by atoms with Crippen molar-refractivity contribution >= 4 is 5.91 Å². The van der Waals surface area contributed by atoms with Crippen molar-refractivity contribution in [2.75, 3.05) is 13.2 Å². The van der Waals surface area contributed by atoms with Gasteiger partial charge in [0, 0.05) is 13.0 Å². The fourth-order valence-corrected chi connectivity index (χ4v) is 2.74. The van der Waals surface area contributed by atoms with Gasteiger partial charge in [-0.2, -0.15) is 0 Å². The molecular weight excluding hydrogens is 326 g/mol. The molecule has 4 nitrogen and oxygen atoms in total. The zero-order valence-electron chi connectivity index (χ0n) is 16.4. The van der Waals surface area contributed by atoms with Crippen molar-refractivity contribution in [3.63, 3.8) is 0 Å². The minimum Gasteiger partial charge on any atom is -0.395 e. The number of amides is 1. The van der Waals surface area contributed by atoms with E-state index < -0.39 is 0 Å². The average molecular weight is 364 g/mol. The van der Waals surface area contributed by atoms with Crippen LogP contribution in [0.5, 0.6) is 0 Å². The minimum absolute atomic E-state index is 0.000859. The van der Waals surface area contributed by atoms with E-state index in [1.165, 1.54) is 25.7 Å². The minimum atomic E-state index is -0.000859. The Hall–Kier alpha value is -1.39. The summed E-state index contributed by atoms with van der Waals surface area (Å²) >= 11 is 0. The lowest BCUT2D eigenvalue weighted by Crippen LogP contribution is -2.25. The van der Waals surface area contributed by atoms with E-state index >= 15 is 0 Å². The molecule has 1 saturated heterocycles. The first-order valence-electron chi connectivity index (χ1n) is 10.3. The summed E-state index contributed by atoms with van der Waals surface area (Å²) < 4.78 is 5.67. The second-order valence-electron chi connectivity index (χ2n) is 6.80. The summed E-state index contributed by atoms with van der Waals surface area (Å²) in [6.45, 7) is 2.58. The zero-order valence-corrected chi connectivity index (χ0v) is 16.4. The number of carbonyl (C=O) groups excluding carboxylic acids is 1. The Morgan fingerprint density at radius 1 is 0.962 bits per heavy atom. The topological polar surface area (TPSA) is 61.9 Å². The smallest absolute Gasteiger partial charge is 0.220 e. The van der Waals surface area contributed by atoms with Crippen molar-refractivity contribution in [1.82, 2.24) is 5.32 Å². The fraction of sp³-hybridized carbons (Fsp3) is 0.682. The summed E-state index contributed by atoms with van der Waals surface area (Å²) in [5.74, 6) is 0.0145. The fourth-order valence-electron chi connectivity index (χ4n) is 2.74. The lowest BCUT2D eigenvalue weighted by molar-refractivity contribution is -0.121. The van der Waals surface area contributed by atoms with Gasteiger partial charge >= 0.3 is 0 Å². The SMILES string of the molecule is CCCCCC=CCC=CCC1OC1CC=CCCCC(=O)NCCO.